The van der Waals surface area contributed by atoms with Crippen LogP contribution in [0.25, 0.3) is 0 Å². The van der Waals surface area contributed by atoms with E-state index in [1.54, 1.807) is 30.3 Å². The summed E-state index contributed by atoms with van der Waals surface area (Å²) in [6.45, 7) is 0. The minimum atomic E-state index is -0.389. The quantitative estimate of drug-likeness (QED) is 0.290. The molecule has 0 amide bonds. The van der Waals surface area contributed by atoms with Gasteiger partial charge < -0.3 is 10.4 Å². The Morgan fingerprint density at radius 2 is 2.11 bits per heavy atom. The predicted octanol–water partition coefficient (Wildman–Crippen LogP) is 1.56. The summed E-state index contributed by atoms with van der Waals surface area (Å²) >= 11 is 0. The number of nitrogens with two attached hydrogens (primary N) is 1. The SMILES string of the molecule is NNC(=Nc1cc[c-]nc1)c1ccccc1F.[Y]. The smallest absolute Gasteiger partial charge is 0.148 e. The predicted molar refractivity (Wildman–Crippen MR) is 63.0 cm³/mol. The second-order valence-corrected chi connectivity index (χ2v) is 3.23. The van der Waals surface area contributed by atoms with Gasteiger partial charge in [0.05, 0.1) is 5.56 Å². The number of halogens is 1. The molecule has 0 aliphatic rings. The molecule has 0 fully saturated rings. The molecule has 0 unspecified atom stereocenters. The summed E-state index contributed by atoms with van der Waals surface area (Å²) in [4.78, 5) is 7.96. The van der Waals surface area contributed by atoms with Gasteiger partial charge in [0.1, 0.15) is 11.7 Å². The summed E-state index contributed by atoms with van der Waals surface area (Å²) < 4.78 is 13.5. The van der Waals surface area contributed by atoms with E-state index >= 15 is 0 Å². The van der Waals surface area contributed by atoms with Crippen molar-refractivity contribution < 1.29 is 37.1 Å². The zero-order chi connectivity index (χ0) is 12.1. The Bertz CT molecular complexity index is 531. The number of nitrogens with zero attached hydrogens (tertiary/aromatic N) is 2. The number of rotatable bonds is 2. The molecular weight excluding hydrogens is 308 g/mol. The van der Waals surface area contributed by atoms with Crippen LogP contribution in [-0.2, 0) is 32.7 Å². The van der Waals surface area contributed by atoms with Crippen molar-refractivity contribution in [2.45, 2.75) is 0 Å². The molecule has 0 bridgehead atoms. The summed E-state index contributed by atoms with van der Waals surface area (Å²) in [7, 11) is 0. The van der Waals surface area contributed by atoms with Gasteiger partial charge >= 0.3 is 0 Å². The number of nitrogens with one attached hydrogen (secondary N) is 1. The van der Waals surface area contributed by atoms with Crippen molar-refractivity contribution in [1.29, 1.82) is 0 Å². The molecule has 1 aromatic heterocycles. The van der Waals surface area contributed by atoms with Crippen molar-refractivity contribution >= 4 is 11.5 Å². The largest absolute Gasteiger partial charge is 0.392 e. The molecule has 0 atom stereocenters. The van der Waals surface area contributed by atoms with Crippen LogP contribution < -0.4 is 11.3 Å². The number of hydrazine groups is 1. The number of hydrogen-bond acceptors (Lipinski definition) is 3. The van der Waals surface area contributed by atoms with Gasteiger partial charge in [0, 0.05) is 32.7 Å². The van der Waals surface area contributed by atoms with Crippen molar-refractivity contribution in [2.24, 2.45) is 10.8 Å². The van der Waals surface area contributed by atoms with Crippen molar-refractivity contribution in [1.82, 2.24) is 10.4 Å². The fourth-order valence-corrected chi connectivity index (χ4v) is 1.33. The first-order valence-corrected chi connectivity index (χ1v) is 4.93. The first-order valence-electron chi connectivity index (χ1n) is 4.93. The number of aliphatic imine (C=N–C) groups is 1. The van der Waals surface area contributed by atoms with Crippen LogP contribution in [0.4, 0.5) is 10.1 Å². The van der Waals surface area contributed by atoms with Crippen LogP contribution in [0.15, 0.2) is 47.6 Å². The summed E-state index contributed by atoms with van der Waals surface area (Å²) in [6.07, 6.45) is 4.14. The molecule has 0 aliphatic heterocycles. The monoisotopic (exact) mass is 318 g/mol. The number of amidine groups is 1. The molecule has 0 aliphatic carbocycles. The van der Waals surface area contributed by atoms with Crippen LogP contribution in [0.1, 0.15) is 5.56 Å². The van der Waals surface area contributed by atoms with Crippen LogP contribution in [0.2, 0.25) is 0 Å². The number of benzene rings is 1. The van der Waals surface area contributed by atoms with Crippen LogP contribution in [0, 0.1) is 12.0 Å². The maximum Gasteiger partial charge on any atom is 0.148 e. The number of pyridine rings is 1. The van der Waals surface area contributed by atoms with Gasteiger partial charge in [-0.05, 0) is 17.8 Å². The van der Waals surface area contributed by atoms with E-state index in [1.165, 1.54) is 12.3 Å². The number of hydrogen-bond donors (Lipinski definition) is 2. The Kier molecular flexibility index (Phi) is 6.05. The molecular formula is C12H10FN4Y-. The first-order chi connectivity index (χ1) is 8.31. The first kappa shape index (κ1) is 14.9. The zero-order valence-electron chi connectivity index (χ0n) is 9.47. The van der Waals surface area contributed by atoms with Gasteiger partial charge in [0.25, 0.3) is 0 Å². The van der Waals surface area contributed by atoms with Gasteiger partial charge in [-0.25, -0.2) is 10.2 Å². The second-order valence-electron chi connectivity index (χ2n) is 3.23. The van der Waals surface area contributed by atoms with Crippen molar-refractivity contribution in [3.05, 3.63) is 60.2 Å². The number of aromatic nitrogens is 1. The Hall–Kier alpha value is -1.17. The molecule has 1 radical (unpaired) electrons. The van der Waals surface area contributed by atoms with Gasteiger partial charge in [0.15, 0.2) is 0 Å². The maximum absolute atomic E-state index is 13.5. The third-order valence-electron chi connectivity index (χ3n) is 2.11. The zero-order valence-corrected chi connectivity index (χ0v) is 12.3. The molecule has 18 heavy (non-hydrogen) atoms. The molecule has 0 saturated heterocycles. The van der Waals surface area contributed by atoms with E-state index in [0.717, 1.165) is 0 Å². The molecule has 1 heterocycles. The minimum Gasteiger partial charge on any atom is -0.392 e. The van der Waals surface area contributed by atoms with Gasteiger partial charge in [-0.3, -0.25) is 4.99 Å². The van der Waals surface area contributed by atoms with Crippen LogP contribution in [0.5, 0.6) is 0 Å². The maximum atomic E-state index is 13.5. The van der Waals surface area contributed by atoms with E-state index in [2.05, 4.69) is 21.6 Å². The van der Waals surface area contributed by atoms with E-state index in [0.29, 0.717) is 11.3 Å². The topological polar surface area (TPSA) is 63.3 Å². The van der Waals surface area contributed by atoms with E-state index < -0.39 is 0 Å². The summed E-state index contributed by atoms with van der Waals surface area (Å²) in [5, 5.41) is 0. The average molecular weight is 318 g/mol. The minimum absolute atomic E-state index is 0. The van der Waals surface area contributed by atoms with Crippen molar-refractivity contribution in [2.75, 3.05) is 0 Å². The molecule has 2 aromatic rings. The average Bonchev–Trinajstić information content (AvgIpc) is 2.38. The molecule has 6 heteroatoms. The Morgan fingerprint density at radius 3 is 2.72 bits per heavy atom. The van der Waals surface area contributed by atoms with Crippen LogP contribution in [-0.4, -0.2) is 10.8 Å². The van der Waals surface area contributed by atoms with E-state index in [4.69, 9.17) is 5.84 Å². The van der Waals surface area contributed by atoms with E-state index in [-0.39, 0.29) is 44.4 Å². The standard InChI is InChI=1S/C12H10FN4.Y/c13-11-6-2-1-5-10(11)12(17-14)16-9-4-3-7-15-8-9;/h1-6,8H,14H2,(H,16,17);/q-1;. The van der Waals surface area contributed by atoms with Gasteiger partial charge in [-0.15, -0.1) is 6.07 Å². The Labute approximate surface area is 129 Å². The molecule has 4 nitrogen and oxygen atoms in total. The Morgan fingerprint density at radius 1 is 1.33 bits per heavy atom. The van der Waals surface area contributed by atoms with E-state index in [1.807, 2.05) is 0 Å². The van der Waals surface area contributed by atoms with Crippen molar-refractivity contribution in [3.63, 3.8) is 0 Å². The summed E-state index contributed by atoms with van der Waals surface area (Å²) in [6, 6.07) is 9.57. The van der Waals surface area contributed by atoms with Crippen LogP contribution in [0.3, 0.4) is 0 Å². The van der Waals surface area contributed by atoms with Gasteiger partial charge in [-0.1, -0.05) is 24.5 Å². The fourth-order valence-electron chi connectivity index (χ4n) is 1.33. The molecule has 3 N–H and O–H groups in total. The molecule has 89 valence electrons. The van der Waals surface area contributed by atoms with Gasteiger partial charge in [-0.2, -0.15) is 6.07 Å². The summed E-state index contributed by atoms with van der Waals surface area (Å²) in [5.74, 6) is 5.20. The summed E-state index contributed by atoms with van der Waals surface area (Å²) in [5.41, 5.74) is 3.26. The van der Waals surface area contributed by atoms with Crippen LogP contribution >= 0.6 is 0 Å². The third kappa shape index (κ3) is 3.66. The molecule has 0 saturated carbocycles. The van der Waals surface area contributed by atoms with Gasteiger partial charge in [0.2, 0.25) is 0 Å². The second kappa shape index (κ2) is 7.31. The third-order valence-corrected chi connectivity index (χ3v) is 2.11. The fraction of sp³-hybridized carbons (Fsp3) is 0. The Balaban J connectivity index is 0.00000162. The molecule has 2 rings (SSSR count). The molecule has 0 spiro atoms. The molecule has 1 aromatic carbocycles. The van der Waals surface area contributed by atoms with E-state index in [9.17, 15) is 4.39 Å². The van der Waals surface area contributed by atoms with Crippen molar-refractivity contribution in [3.8, 4) is 0 Å². The normalized spacial score (nSPS) is 10.7.